The lowest BCUT2D eigenvalue weighted by molar-refractivity contribution is 0.0924. The molecule has 1 rings (SSSR count). The Morgan fingerprint density at radius 3 is 2.38 bits per heavy atom. The minimum absolute atomic E-state index is 0.201. The van der Waals surface area contributed by atoms with E-state index in [0.29, 0.717) is 6.01 Å². The molecule has 0 saturated heterocycles. The van der Waals surface area contributed by atoms with Crippen LogP contribution in [0.1, 0.15) is 27.2 Å². The number of hydrogen-bond donors (Lipinski definition) is 0. The average molecular weight is 245 g/mol. The summed E-state index contributed by atoms with van der Waals surface area (Å²) in [5.74, 6) is 0. The van der Waals surface area contributed by atoms with Gasteiger partial charge in [0, 0.05) is 12.4 Å². The van der Waals surface area contributed by atoms with Gasteiger partial charge in [0.25, 0.3) is 0 Å². The topological polar surface area (TPSA) is 35.0 Å². The van der Waals surface area contributed by atoms with Gasteiger partial charge in [-0.15, -0.1) is 0 Å². The van der Waals surface area contributed by atoms with Gasteiger partial charge < -0.3 is 4.74 Å². The summed E-state index contributed by atoms with van der Waals surface area (Å²) in [4.78, 5) is 8.06. The Morgan fingerprint density at radius 2 is 1.92 bits per heavy atom. The molecule has 0 aliphatic carbocycles. The molecule has 1 heterocycles. The van der Waals surface area contributed by atoms with Gasteiger partial charge in [-0.05, 0) is 36.2 Å². The number of aromatic nitrogens is 2. The molecular weight excluding hydrogens is 232 g/mol. The van der Waals surface area contributed by atoms with E-state index in [0.717, 1.165) is 10.9 Å². The first kappa shape index (κ1) is 10.4. The highest BCUT2D eigenvalue weighted by Crippen LogP contribution is 2.17. The van der Waals surface area contributed by atoms with Crippen molar-refractivity contribution >= 4 is 15.9 Å². The smallest absolute Gasteiger partial charge is 0.316 e. The molecule has 0 amide bonds. The van der Waals surface area contributed by atoms with E-state index >= 15 is 0 Å². The quantitative estimate of drug-likeness (QED) is 0.821. The van der Waals surface area contributed by atoms with Gasteiger partial charge in [-0.25, -0.2) is 9.97 Å². The fourth-order valence-corrected chi connectivity index (χ4v) is 0.877. The Labute approximate surface area is 86.7 Å². The van der Waals surface area contributed by atoms with E-state index in [1.165, 1.54) is 0 Å². The molecule has 0 atom stereocenters. The van der Waals surface area contributed by atoms with E-state index in [1.54, 1.807) is 12.4 Å². The Bertz CT molecular complexity index is 271. The zero-order chi connectivity index (χ0) is 9.90. The van der Waals surface area contributed by atoms with Crippen molar-refractivity contribution in [1.82, 2.24) is 9.97 Å². The Hall–Kier alpha value is -0.640. The molecule has 0 fully saturated rings. The maximum atomic E-state index is 5.56. The Kier molecular flexibility index (Phi) is 3.25. The molecule has 0 saturated carbocycles. The second-order valence-electron chi connectivity index (χ2n) is 3.40. The zero-order valence-corrected chi connectivity index (χ0v) is 9.63. The van der Waals surface area contributed by atoms with Crippen LogP contribution in [0.4, 0.5) is 0 Å². The van der Waals surface area contributed by atoms with E-state index < -0.39 is 0 Å². The van der Waals surface area contributed by atoms with Crippen LogP contribution in [0.5, 0.6) is 6.01 Å². The van der Waals surface area contributed by atoms with Gasteiger partial charge in [0.05, 0.1) is 4.47 Å². The van der Waals surface area contributed by atoms with E-state index in [2.05, 4.69) is 32.8 Å². The van der Waals surface area contributed by atoms with Crippen LogP contribution < -0.4 is 4.74 Å². The van der Waals surface area contributed by atoms with E-state index in [-0.39, 0.29) is 5.60 Å². The predicted molar refractivity (Wildman–Crippen MR) is 54.7 cm³/mol. The van der Waals surface area contributed by atoms with Crippen LogP contribution in [0.25, 0.3) is 0 Å². The molecule has 4 heteroatoms. The molecule has 1 aromatic heterocycles. The zero-order valence-electron chi connectivity index (χ0n) is 8.04. The second kappa shape index (κ2) is 4.05. The fraction of sp³-hybridized carbons (Fsp3) is 0.556. The number of hydrogen-bond acceptors (Lipinski definition) is 3. The normalized spacial score (nSPS) is 11.4. The number of nitrogens with zero attached hydrogens (tertiary/aromatic N) is 2. The largest absolute Gasteiger partial charge is 0.457 e. The Morgan fingerprint density at radius 1 is 1.38 bits per heavy atom. The van der Waals surface area contributed by atoms with E-state index in [4.69, 9.17) is 4.74 Å². The summed E-state index contributed by atoms with van der Waals surface area (Å²) in [5, 5.41) is 0. The maximum absolute atomic E-state index is 5.56. The first-order valence-electron chi connectivity index (χ1n) is 4.20. The van der Waals surface area contributed by atoms with Crippen molar-refractivity contribution in [3.8, 4) is 6.01 Å². The SMILES string of the molecule is CCC(C)(C)Oc1ncc(Br)cn1. The third kappa shape index (κ3) is 3.30. The first-order chi connectivity index (χ1) is 6.03. The van der Waals surface area contributed by atoms with Crippen LogP contribution in [0.2, 0.25) is 0 Å². The molecule has 0 aliphatic rings. The lowest BCUT2D eigenvalue weighted by Gasteiger charge is -2.22. The molecule has 0 radical (unpaired) electrons. The number of halogens is 1. The molecule has 0 N–H and O–H groups in total. The van der Waals surface area contributed by atoms with Crippen LogP contribution >= 0.6 is 15.9 Å². The van der Waals surface area contributed by atoms with Crippen molar-refractivity contribution in [2.24, 2.45) is 0 Å². The molecule has 0 bridgehead atoms. The summed E-state index contributed by atoms with van der Waals surface area (Å²) >= 11 is 3.26. The summed E-state index contributed by atoms with van der Waals surface area (Å²) in [6, 6.07) is 0.426. The summed E-state index contributed by atoms with van der Waals surface area (Å²) in [6.45, 7) is 6.09. The molecular formula is C9H13BrN2O. The van der Waals surface area contributed by atoms with Gasteiger partial charge in [0.1, 0.15) is 5.60 Å². The molecule has 0 aliphatic heterocycles. The highest BCUT2D eigenvalue weighted by Gasteiger charge is 2.17. The van der Waals surface area contributed by atoms with Gasteiger partial charge in [0.15, 0.2) is 0 Å². The van der Waals surface area contributed by atoms with Crippen molar-refractivity contribution in [2.75, 3.05) is 0 Å². The van der Waals surface area contributed by atoms with Gasteiger partial charge in [0.2, 0.25) is 0 Å². The summed E-state index contributed by atoms with van der Waals surface area (Å²) < 4.78 is 6.42. The van der Waals surface area contributed by atoms with Crippen molar-refractivity contribution in [2.45, 2.75) is 32.8 Å². The van der Waals surface area contributed by atoms with Gasteiger partial charge in [-0.1, -0.05) is 6.92 Å². The van der Waals surface area contributed by atoms with Crippen molar-refractivity contribution in [3.05, 3.63) is 16.9 Å². The lowest BCUT2D eigenvalue weighted by atomic mass is 10.1. The highest BCUT2D eigenvalue weighted by molar-refractivity contribution is 9.10. The van der Waals surface area contributed by atoms with Crippen molar-refractivity contribution in [1.29, 1.82) is 0 Å². The summed E-state index contributed by atoms with van der Waals surface area (Å²) in [5.41, 5.74) is -0.201. The lowest BCUT2D eigenvalue weighted by Crippen LogP contribution is -2.27. The second-order valence-corrected chi connectivity index (χ2v) is 4.31. The van der Waals surface area contributed by atoms with Crippen LogP contribution in [0.15, 0.2) is 16.9 Å². The van der Waals surface area contributed by atoms with E-state index in [9.17, 15) is 0 Å². The third-order valence-corrected chi connectivity index (χ3v) is 2.23. The van der Waals surface area contributed by atoms with Gasteiger partial charge >= 0.3 is 6.01 Å². The summed E-state index contributed by atoms with van der Waals surface area (Å²) in [7, 11) is 0. The minimum Gasteiger partial charge on any atom is -0.457 e. The highest BCUT2D eigenvalue weighted by atomic mass is 79.9. The third-order valence-electron chi connectivity index (χ3n) is 1.82. The van der Waals surface area contributed by atoms with Crippen LogP contribution in [0, 0.1) is 0 Å². The fourth-order valence-electron chi connectivity index (χ4n) is 0.672. The monoisotopic (exact) mass is 244 g/mol. The molecule has 1 aromatic rings. The van der Waals surface area contributed by atoms with Crippen molar-refractivity contribution in [3.63, 3.8) is 0 Å². The molecule has 0 unspecified atom stereocenters. The average Bonchev–Trinajstić information content (AvgIpc) is 2.09. The van der Waals surface area contributed by atoms with Crippen LogP contribution in [0.3, 0.4) is 0 Å². The standard InChI is InChI=1S/C9H13BrN2O/c1-4-9(2,3)13-8-11-5-7(10)6-12-8/h5-6H,4H2,1-3H3. The van der Waals surface area contributed by atoms with Gasteiger partial charge in [-0.2, -0.15) is 0 Å². The Balaban J connectivity index is 2.69. The summed E-state index contributed by atoms with van der Waals surface area (Å²) in [6.07, 6.45) is 4.27. The molecule has 3 nitrogen and oxygen atoms in total. The molecule has 0 spiro atoms. The number of ether oxygens (including phenoxy) is 1. The molecule has 13 heavy (non-hydrogen) atoms. The molecule has 0 aromatic carbocycles. The minimum atomic E-state index is -0.201. The predicted octanol–water partition coefficient (Wildman–Crippen LogP) is 2.81. The van der Waals surface area contributed by atoms with Gasteiger partial charge in [-0.3, -0.25) is 0 Å². The molecule has 72 valence electrons. The van der Waals surface area contributed by atoms with Crippen LogP contribution in [-0.4, -0.2) is 15.6 Å². The van der Waals surface area contributed by atoms with E-state index in [1.807, 2.05) is 13.8 Å². The first-order valence-corrected chi connectivity index (χ1v) is 4.99. The van der Waals surface area contributed by atoms with Crippen molar-refractivity contribution < 1.29 is 4.74 Å². The maximum Gasteiger partial charge on any atom is 0.316 e. The van der Waals surface area contributed by atoms with Crippen LogP contribution in [-0.2, 0) is 0 Å². The number of rotatable bonds is 3.